The van der Waals surface area contributed by atoms with Gasteiger partial charge in [-0.25, -0.2) is 9.78 Å². The van der Waals surface area contributed by atoms with Crippen molar-refractivity contribution in [1.29, 1.82) is 0 Å². The number of hydrogen-bond acceptors (Lipinski definition) is 5. The molecular formula is C23H28N4O3. The van der Waals surface area contributed by atoms with Crippen molar-refractivity contribution in [3.8, 4) is 16.9 Å². The lowest BCUT2D eigenvalue weighted by atomic mass is 10.0. The molecule has 3 aromatic rings. The Morgan fingerprint density at radius 3 is 2.53 bits per heavy atom. The predicted molar refractivity (Wildman–Crippen MR) is 117 cm³/mol. The van der Waals surface area contributed by atoms with Crippen LogP contribution in [0.1, 0.15) is 33.6 Å². The quantitative estimate of drug-likeness (QED) is 0.666. The maximum Gasteiger partial charge on any atom is 0.410 e. The van der Waals surface area contributed by atoms with Crippen LogP contribution in [0.4, 0.5) is 10.5 Å². The van der Waals surface area contributed by atoms with Crippen LogP contribution in [-0.2, 0) is 4.74 Å². The van der Waals surface area contributed by atoms with Crippen molar-refractivity contribution in [2.24, 2.45) is 0 Å². The third-order valence-electron chi connectivity index (χ3n) is 5.23. The molecule has 3 heterocycles. The Kier molecular flexibility index (Phi) is 5.28. The molecule has 7 heteroatoms. The van der Waals surface area contributed by atoms with Crippen LogP contribution < -0.4 is 5.32 Å². The number of rotatable bonds is 3. The van der Waals surface area contributed by atoms with Crippen LogP contribution in [0, 0.1) is 0 Å². The maximum atomic E-state index is 12.3. The van der Waals surface area contributed by atoms with Crippen LogP contribution in [0.2, 0.25) is 0 Å². The Bertz CT molecular complexity index is 1030. The standard InChI is InChI=1S/C23H28N4O3/c1-23(2,3)30-22(29)26-10-8-18(9-11-26)25-20-12-17(14-27-15-24-13-21(20)27)16-4-6-19(28)7-5-16/h4-7,12-15,18,25,28H,8-11H2,1-3H3. The maximum absolute atomic E-state index is 12.3. The average Bonchev–Trinajstić information content (AvgIpc) is 3.17. The molecule has 4 rings (SSSR count). The van der Waals surface area contributed by atoms with Gasteiger partial charge in [-0.3, -0.25) is 0 Å². The molecule has 2 aromatic heterocycles. The van der Waals surface area contributed by atoms with Crippen molar-refractivity contribution in [2.75, 3.05) is 18.4 Å². The summed E-state index contributed by atoms with van der Waals surface area (Å²) >= 11 is 0. The SMILES string of the molecule is CC(C)(C)OC(=O)N1CCC(Nc2cc(-c3ccc(O)cc3)cn3cncc23)CC1. The molecule has 1 aliphatic heterocycles. The van der Waals surface area contributed by atoms with E-state index in [0.717, 1.165) is 35.2 Å². The number of aromatic nitrogens is 2. The number of anilines is 1. The van der Waals surface area contributed by atoms with E-state index in [-0.39, 0.29) is 17.9 Å². The largest absolute Gasteiger partial charge is 0.508 e. The minimum Gasteiger partial charge on any atom is -0.508 e. The summed E-state index contributed by atoms with van der Waals surface area (Å²) < 4.78 is 7.49. The number of likely N-dealkylation sites (tertiary alicyclic amines) is 1. The van der Waals surface area contributed by atoms with Gasteiger partial charge in [-0.15, -0.1) is 0 Å². The van der Waals surface area contributed by atoms with Crippen LogP contribution in [-0.4, -0.2) is 50.2 Å². The van der Waals surface area contributed by atoms with E-state index >= 15 is 0 Å². The van der Waals surface area contributed by atoms with Crippen LogP contribution >= 0.6 is 0 Å². The molecule has 0 saturated carbocycles. The lowest BCUT2D eigenvalue weighted by Gasteiger charge is -2.34. The highest BCUT2D eigenvalue weighted by atomic mass is 16.6. The van der Waals surface area contributed by atoms with Crippen molar-refractivity contribution in [2.45, 2.75) is 45.3 Å². The monoisotopic (exact) mass is 408 g/mol. The zero-order valence-electron chi connectivity index (χ0n) is 17.6. The van der Waals surface area contributed by atoms with E-state index in [2.05, 4.69) is 16.4 Å². The van der Waals surface area contributed by atoms with Gasteiger partial charge in [-0.1, -0.05) is 12.1 Å². The van der Waals surface area contributed by atoms with Gasteiger partial charge in [-0.2, -0.15) is 0 Å². The highest BCUT2D eigenvalue weighted by Gasteiger charge is 2.27. The molecule has 0 radical (unpaired) electrons. The number of pyridine rings is 1. The molecule has 2 N–H and O–H groups in total. The van der Waals surface area contributed by atoms with Gasteiger partial charge in [0.1, 0.15) is 11.4 Å². The van der Waals surface area contributed by atoms with E-state index in [1.807, 2.05) is 49.7 Å². The Morgan fingerprint density at radius 1 is 1.17 bits per heavy atom. The summed E-state index contributed by atoms with van der Waals surface area (Å²) in [6.07, 6.45) is 7.12. The Balaban J connectivity index is 1.49. The first-order valence-electron chi connectivity index (χ1n) is 10.3. The van der Waals surface area contributed by atoms with Gasteiger partial charge in [0.05, 0.1) is 23.7 Å². The number of aromatic hydroxyl groups is 1. The molecule has 0 bridgehead atoms. The lowest BCUT2D eigenvalue weighted by Crippen LogP contribution is -2.44. The number of carbonyl (C=O) groups excluding carboxylic acids is 1. The van der Waals surface area contributed by atoms with Crippen LogP contribution in [0.5, 0.6) is 5.75 Å². The lowest BCUT2D eigenvalue weighted by molar-refractivity contribution is 0.0210. The van der Waals surface area contributed by atoms with E-state index in [0.29, 0.717) is 13.1 Å². The number of benzene rings is 1. The average molecular weight is 409 g/mol. The number of ether oxygens (including phenoxy) is 1. The van der Waals surface area contributed by atoms with Gasteiger partial charge in [0.2, 0.25) is 0 Å². The first kappa shape index (κ1) is 20.1. The Morgan fingerprint density at radius 2 is 1.87 bits per heavy atom. The molecule has 1 fully saturated rings. The summed E-state index contributed by atoms with van der Waals surface area (Å²) in [7, 11) is 0. The minimum absolute atomic E-state index is 0.242. The second-order valence-electron chi connectivity index (χ2n) is 8.76. The summed E-state index contributed by atoms with van der Waals surface area (Å²) in [6.45, 7) is 6.99. The summed E-state index contributed by atoms with van der Waals surface area (Å²) in [6, 6.07) is 9.55. The molecular weight excluding hydrogens is 380 g/mol. The zero-order chi connectivity index (χ0) is 21.3. The van der Waals surface area contributed by atoms with Crippen LogP contribution in [0.15, 0.2) is 49.1 Å². The molecule has 158 valence electrons. The fourth-order valence-electron chi connectivity index (χ4n) is 3.71. The van der Waals surface area contributed by atoms with Gasteiger partial charge in [0, 0.05) is 30.9 Å². The second kappa shape index (κ2) is 7.89. The van der Waals surface area contributed by atoms with E-state index in [9.17, 15) is 9.90 Å². The fourth-order valence-corrected chi connectivity index (χ4v) is 3.71. The van der Waals surface area contributed by atoms with Crippen molar-refractivity contribution < 1.29 is 14.6 Å². The predicted octanol–water partition coefficient (Wildman–Crippen LogP) is 4.52. The molecule has 0 unspecified atom stereocenters. The second-order valence-corrected chi connectivity index (χ2v) is 8.76. The number of imidazole rings is 1. The fraction of sp³-hybridized carbons (Fsp3) is 0.391. The number of carbonyl (C=O) groups is 1. The van der Waals surface area contributed by atoms with Crippen molar-refractivity contribution >= 4 is 17.3 Å². The topological polar surface area (TPSA) is 79.1 Å². The molecule has 0 atom stereocenters. The molecule has 1 amide bonds. The van der Waals surface area contributed by atoms with Gasteiger partial charge in [-0.05, 0) is 57.4 Å². The molecule has 30 heavy (non-hydrogen) atoms. The zero-order valence-corrected chi connectivity index (χ0v) is 17.6. The number of nitrogens with one attached hydrogen (secondary N) is 1. The van der Waals surface area contributed by atoms with E-state index in [1.54, 1.807) is 23.4 Å². The normalized spacial score (nSPS) is 15.4. The number of amides is 1. The van der Waals surface area contributed by atoms with E-state index < -0.39 is 5.60 Å². The number of phenolic OH excluding ortho intramolecular Hbond substituents is 1. The van der Waals surface area contributed by atoms with Crippen molar-refractivity contribution in [3.63, 3.8) is 0 Å². The third kappa shape index (κ3) is 4.50. The van der Waals surface area contributed by atoms with Crippen molar-refractivity contribution in [1.82, 2.24) is 14.3 Å². The summed E-state index contributed by atoms with van der Waals surface area (Å²) in [5.41, 5.74) is 3.59. The first-order valence-corrected chi connectivity index (χ1v) is 10.3. The summed E-state index contributed by atoms with van der Waals surface area (Å²) in [5.74, 6) is 0.248. The summed E-state index contributed by atoms with van der Waals surface area (Å²) in [5, 5.41) is 13.2. The van der Waals surface area contributed by atoms with E-state index in [1.165, 1.54) is 0 Å². The first-order chi connectivity index (χ1) is 14.3. The smallest absolute Gasteiger partial charge is 0.410 e. The molecule has 1 aromatic carbocycles. The van der Waals surface area contributed by atoms with Crippen LogP contribution in [0.25, 0.3) is 16.6 Å². The highest BCUT2D eigenvalue weighted by molar-refractivity contribution is 5.78. The minimum atomic E-state index is -0.478. The molecule has 1 saturated heterocycles. The van der Waals surface area contributed by atoms with Gasteiger partial charge >= 0.3 is 6.09 Å². The number of nitrogens with zero attached hydrogens (tertiary/aromatic N) is 3. The highest BCUT2D eigenvalue weighted by Crippen LogP contribution is 2.29. The van der Waals surface area contributed by atoms with Gasteiger partial charge < -0.3 is 24.5 Å². The molecule has 7 nitrogen and oxygen atoms in total. The number of fused-ring (bicyclic) bond motifs is 1. The molecule has 1 aliphatic rings. The van der Waals surface area contributed by atoms with Gasteiger partial charge in [0.15, 0.2) is 0 Å². The Hall–Kier alpha value is -3.22. The third-order valence-corrected chi connectivity index (χ3v) is 5.23. The number of piperidine rings is 1. The van der Waals surface area contributed by atoms with E-state index in [4.69, 9.17) is 4.74 Å². The number of hydrogen-bond donors (Lipinski definition) is 2. The summed E-state index contributed by atoms with van der Waals surface area (Å²) in [4.78, 5) is 18.4. The molecule has 0 spiro atoms. The number of phenols is 1. The van der Waals surface area contributed by atoms with Gasteiger partial charge in [0.25, 0.3) is 0 Å². The van der Waals surface area contributed by atoms with Crippen LogP contribution in [0.3, 0.4) is 0 Å². The molecule has 0 aliphatic carbocycles. The Labute approximate surface area is 176 Å². The van der Waals surface area contributed by atoms with Crippen molar-refractivity contribution in [3.05, 3.63) is 49.1 Å².